The monoisotopic (exact) mass is 342 g/mol. The van der Waals surface area contributed by atoms with Gasteiger partial charge >= 0.3 is 0 Å². The molecule has 0 saturated carbocycles. The van der Waals surface area contributed by atoms with Crippen LogP contribution in [0.25, 0.3) is 22.4 Å². The van der Waals surface area contributed by atoms with Crippen LogP contribution in [-0.2, 0) is 12.5 Å². The van der Waals surface area contributed by atoms with Crippen molar-refractivity contribution >= 4 is 0 Å². The number of benzene rings is 2. The molecule has 0 fully saturated rings. The Hall–Kier alpha value is -2.41. The van der Waals surface area contributed by atoms with E-state index >= 15 is 0 Å². The zero-order valence-electron chi connectivity index (χ0n) is 16.7. The Morgan fingerprint density at radius 1 is 0.885 bits per heavy atom. The van der Waals surface area contributed by atoms with Crippen LogP contribution in [0.2, 0.25) is 0 Å². The van der Waals surface area contributed by atoms with Crippen LogP contribution in [0.3, 0.4) is 0 Å². The predicted molar refractivity (Wildman–Crippen MR) is 109 cm³/mol. The highest BCUT2D eigenvalue weighted by atomic mass is 14.9. The minimum atomic E-state index is 0.0109. The maximum atomic E-state index is 2.36. The van der Waals surface area contributed by atoms with Crippen LogP contribution >= 0.6 is 0 Å². The van der Waals surface area contributed by atoms with Gasteiger partial charge in [0, 0.05) is 17.0 Å². The fourth-order valence-corrected chi connectivity index (χ4v) is 4.54. The lowest BCUT2D eigenvalue weighted by Gasteiger charge is -2.24. The first-order chi connectivity index (χ1) is 12.3. The highest BCUT2D eigenvalue weighted by Crippen LogP contribution is 2.52. The second-order valence-electron chi connectivity index (χ2n) is 8.46. The Morgan fingerprint density at radius 3 is 2.31 bits per heavy atom. The summed E-state index contributed by atoms with van der Waals surface area (Å²) in [4.78, 5) is 0. The molecular weight excluding hydrogens is 314 g/mol. The number of nitrogens with zero attached hydrogens (tertiary/aromatic N) is 1. The second kappa shape index (κ2) is 5.81. The number of hydrogen-bond acceptors (Lipinski definition) is 0. The SMILES string of the molecule is Cc1ccc2c(c1-c1ccc(C(C)C)c[n+]1C)C(C)(C)c1ccccc1-2. The topological polar surface area (TPSA) is 3.88 Å². The third-order valence-corrected chi connectivity index (χ3v) is 6.01. The molecule has 0 aliphatic heterocycles. The van der Waals surface area contributed by atoms with Gasteiger partial charge in [0.2, 0.25) is 5.69 Å². The fourth-order valence-electron chi connectivity index (χ4n) is 4.54. The summed E-state index contributed by atoms with van der Waals surface area (Å²) in [5, 5.41) is 0. The van der Waals surface area contributed by atoms with E-state index in [2.05, 4.69) is 101 Å². The Kier molecular flexibility index (Phi) is 3.80. The molecule has 0 unspecified atom stereocenters. The quantitative estimate of drug-likeness (QED) is 0.509. The molecule has 132 valence electrons. The molecule has 0 atom stereocenters. The average Bonchev–Trinajstić information content (AvgIpc) is 2.84. The summed E-state index contributed by atoms with van der Waals surface area (Å²) in [6.45, 7) is 11.5. The molecule has 0 amide bonds. The standard InChI is InChI=1S/C25H28N/c1-16(2)18-12-14-22(26(6)15-18)23-17(3)11-13-20-19-9-7-8-10-21(19)25(4,5)24(20)23/h7-16H,1-6H3/q+1. The van der Waals surface area contributed by atoms with Crippen LogP contribution in [0.4, 0.5) is 0 Å². The molecule has 26 heavy (non-hydrogen) atoms. The molecule has 1 nitrogen and oxygen atoms in total. The fraction of sp³-hybridized carbons (Fsp3) is 0.320. The van der Waals surface area contributed by atoms with Gasteiger partial charge < -0.3 is 0 Å². The molecule has 0 N–H and O–H groups in total. The molecular formula is C25H28N+. The van der Waals surface area contributed by atoms with Gasteiger partial charge in [-0.25, -0.2) is 4.57 Å². The van der Waals surface area contributed by atoms with E-state index in [1.54, 1.807) is 0 Å². The van der Waals surface area contributed by atoms with E-state index in [1.807, 2.05) is 0 Å². The summed E-state index contributed by atoms with van der Waals surface area (Å²) in [6, 6.07) is 18.1. The van der Waals surface area contributed by atoms with Crippen molar-refractivity contribution < 1.29 is 4.57 Å². The molecule has 4 rings (SSSR count). The molecule has 1 heteroatoms. The van der Waals surface area contributed by atoms with Gasteiger partial charge in [-0.2, -0.15) is 0 Å². The highest BCUT2D eigenvalue weighted by Gasteiger charge is 2.39. The van der Waals surface area contributed by atoms with Crippen molar-refractivity contribution in [1.82, 2.24) is 0 Å². The van der Waals surface area contributed by atoms with E-state index in [-0.39, 0.29) is 5.41 Å². The number of aryl methyl sites for hydroxylation is 2. The summed E-state index contributed by atoms with van der Waals surface area (Å²) in [7, 11) is 2.18. The molecule has 0 radical (unpaired) electrons. The molecule has 1 aliphatic carbocycles. The Bertz CT molecular complexity index is 1010. The number of pyridine rings is 1. The minimum absolute atomic E-state index is 0.0109. The predicted octanol–water partition coefficient (Wildman–Crippen LogP) is 5.92. The number of hydrogen-bond donors (Lipinski definition) is 0. The normalized spacial score (nSPS) is 14.4. The summed E-state index contributed by atoms with van der Waals surface area (Å²) < 4.78 is 2.30. The van der Waals surface area contributed by atoms with E-state index in [1.165, 1.54) is 44.6 Å². The van der Waals surface area contributed by atoms with E-state index < -0.39 is 0 Å². The lowest BCUT2D eigenvalue weighted by molar-refractivity contribution is -0.660. The third kappa shape index (κ3) is 2.34. The van der Waals surface area contributed by atoms with Gasteiger partial charge in [-0.1, -0.05) is 64.1 Å². The Morgan fingerprint density at radius 2 is 1.62 bits per heavy atom. The number of rotatable bonds is 2. The van der Waals surface area contributed by atoms with Crippen LogP contribution in [-0.4, -0.2) is 0 Å². The van der Waals surface area contributed by atoms with Crippen LogP contribution in [0.5, 0.6) is 0 Å². The molecule has 0 bridgehead atoms. The summed E-state index contributed by atoms with van der Waals surface area (Å²) in [6.07, 6.45) is 2.29. The van der Waals surface area contributed by atoms with Crippen LogP contribution < -0.4 is 4.57 Å². The summed E-state index contributed by atoms with van der Waals surface area (Å²) in [5.41, 5.74) is 11.1. The average molecular weight is 343 g/mol. The maximum Gasteiger partial charge on any atom is 0.212 e. The van der Waals surface area contributed by atoms with Gasteiger partial charge in [0.25, 0.3) is 0 Å². The molecule has 2 aromatic carbocycles. The molecule has 0 saturated heterocycles. The van der Waals surface area contributed by atoms with E-state index in [4.69, 9.17) is 0 Å². The van der Waals surface area contributed by atoms with E-state index in [0.29, 0.717) is 5.92 Å². The number of fused-ring (bicyclic) bond motifs is 3. The van der Waals surface area contributed by atoms with Gasteiger partial charge in [-0.15, -0.1) is 0 Å². The first kappa shape index (κ1) is 17.0. The van der Waals surface area contributed by atoms with Crippen LogP contribution in [0.1, 0.15) is 55.9 Å². The molecule has 3 aromatic rings. The Balaban J connectivity index is 2.02. The van der Waals surface area contributed by atoms with Crippen LogP contribution in [0.15, 0.2) is 54.7 Å². The highest BCUT2D eigenvalue weighted by molar-refractivity contribution is 5.88. The van der Waals surface area contributed by atoms with Crippen molar-refractivity contribution in [3.05, 3.63) is 77.0 Å². The minimum Gasteiger partial charge on any atom is -0.201 e. The van der Waals surface area contributed by atoms with Gasteiger partial charge in [0.1, 0.15) is 7.05 Å². The van der Waals surface area contributed by atoms with Gasteiger partial charge in [0.15, 0.2) is 6.20 Å². The maximum absolute atomic E-state index is 2.36. The lowest BCUT2D eigenvalue weighted by Crippen LogP contribution is -2.32. The summed E-state index contributed by atoms with van der Waals surface area (Å²) >= 11 is 0. The van der Waals surface area contributed by atoms with Crippen molar-refractivity contribution in [2.24, 2.45) is 7.05 Å². The zero-order chi connectivity index (χ0) is 18.6. The van der Waals surface area contributed by atoms with Gasteiger partial charge in [-0.05, 0) is 46.7 Å². The molecule has 1 aliphatic rings. The van der Waals surface area contributed by atoms with Gasteiger partial charge in [-0.3, -0.25) is 0 Å². The smallest absolute Gasteiger partial charge is 0.201 e. The second-order valence-corrected chi connectivity index (χ2v) is 8.46. The van der Waals surface area contributed by atoms with Crippen molar-refractivity contribution in [2.75, 3.05) is 0 Å². The van der Waals surface area contributed by atoms with Crippen LogP contribution in [0, 0.1) is 6.92 Å². The zero-order valence-corrected chi connectivity index (χ0v) is 16.7. The van der Waals surface area contributed by atoms with Crippen molar-refractivity contribution in [3.63, 3.8) is 0 Å². The molecule has 1 aromatic heterocycles. The largest absolute Gasteiger partial charge is 0.212 e. The third-order valence-electron chi connectivity index (χ3n) is 6.01. The van der Waals surface area contributed by atoms with Crippen molar-refractivity contribution in [1.29, 1.82) is 0 Å². The van der Waals surface area contributed by atoms with Crippen molar-refractivity contribution in [2.45, 2.75) is 46.0 Å². The first-order valence-electron chi connectivity index (χ1n) is 9.56. The van der Waals surface area contributed by atoms with E-state index in [0.717, 1.165) is 0 Å². The van der Waals surface area contributed by atoms with Crippen molar-refractivity contribution in [3.8, 4) is 22.4 Å². The van der Waals surface area contributed by atoms with Gasteiger partial charge in [0.05, 0.1) is 5.56 Å². The first-order valence-corrected chi connectivity index (χ1v) is 9.56. The molecule has 1 heterocycles. The summed E-state index contributed by atoms with van der Waals surface area (Å²) in [5.74, 6) is 0.540. The molecule has 0 spiro atoms. The number of aromatic nitrogens is 1. The Labute approximate surface area is 157 Å². The van der Waals surface area contributed by atoms with E-state index in [9.17, 15) is 0 Å². The lowest BCUT2D eigenvalue weighted by atomic mass is 9.78.